The van der Waals surface area contributed by atoms with Crippen molar-refractivity contribution in [2.45, 2.75) is 53.0 Å². The van der Waals surface area contributed by atoms with E-state index in [9.17, 15) is 0 Å². The quantitative estimate of drug-likeness (QED) is 0.635. The summed E-state index contributed by atoms with van der Waals surface area (Å²) in [5.74, 6) is 0. The maximum absolute atomic E-state index is 9.15. The van der Waals surface area contributed by atoms with Crippen molar-refractivity contribution < 1.29 is 5.11 Å². The van der Waals surface area contributed by atoms with Gasteiger partial charge in [-0.15, -0.1) is 0 Å². The Morgan fingerprint density at radius 1 is 1.25 bits per heavy atom. The predicted octanol–water partition coefficient (Wildman–Crippen LogP) is 1.84. The second-order valence-corrected chi connectivity index (χ2v) is 5.03. The van der Waals surface area contributed by atoms with Crippen LogP contribution >= 0.6 is 0 Å². The number of hydrogen-bond donors (Lipinski definition) is 2. The molecule has 3 nitrogen and oxygen atoms in total. The lowest BCUT2D eigenvalue weighted by Crippen LogP contribution is -2.46. The van der Waals surface area contributed by atoms with Crippen LogP contribution in [0.1, 0.15) is 47.0 Å². The summed E-state index contributed by atoms with van der Waals surface area (Å²) in [6, 6.07) is 0.574. The van der Waals surface area contributed by atoms with Gasteiger partial charge in [0.15, 0.2) is 0 Å². The van der Waals surface area contributed by atoms with E-state index in [2.05, 4.69) is 32.6 Å². The van der Waals surface area contributed by atoms with E-state index in [0.717, 1.165) is 32.4 Å². The Hall–Kier alpha value is -0.120. The summed E-state index contributed by atoms with van der Waals surface area (Å²) in [6.07, 6.45) is 3.37. The zero-order valence-corrected chi connectivity index (χ0v) is 11.5. The molecule has 0 heterocycles. The number of nitrogens with two attached hydrogens (primary N) is 1. The van der Waals surface area contributed by atoms with Crippen LogP contribution in [0.4, 0.5) is 0 Å². The number of aliphatic hydroxyl groups is 1. The van der Waals surface area contributed by atoms with Crippen molar-refractivity contribution in [2.24, 2.45) is 11.1 Å². The average Bonchev–Trinajstić information content (AvgIpc) is 2.30. The minimum Gasteiger partial charge on any atom is -0.395 e. The van der Waals surface area contributed by atoms with Gasteiger partial charge in [-0.05, 0) is 31.2 Å². The Bertz CT molecular complexity index is 165. The van der Waals surface area contributed by atoms with Gasteiger partial charge in [-0.1, -0.05) is 27.7 Å². The van der Waals surface area contributed by atoms with E-state index < -0.39 is 0 Å². The summed E-state index contributed by atoms with van der Waals surface area (Å²) in [4.78, 5) is 2.40. The number of hydrogen-bond acceptors (Lipinski definition) is 3. The molecule has 0 saturated carbocycles. The highest BCUT2D eigenvalue weighted by atomic mass is 16.3. The van der Waals surface area contributed by atoms with Crippen molar-refractivity contribution >= 4 is 0 Å². The van der Waals surface area contributed by atoms with Gasteiger partial charge in [0.2, 0.25) is 0 Å². The fourth-order valence-electron chi connectivity index (χ4n) is 2.14. The molecular formula is C13H30N2O. The molecule has 0 aliphatic rings. The first-order valence-corrected chi connectivity index (χ1v) is 6.61. The number of rotatable bonds is 9. The first-order chi connectivity index (χ1) is 7.56. The van der Waals surface area contributed by atoms with Crippen molar-refractivity contribution in [3.05, 3.63) is 0 Å². The minimum atomic E-state index is 0.178. The number of nitrogens with zero attached hydrogens (tertiary/aromatic N) is 1. The molecule has 0 radical (unpaired) electrons. The average molecular weight is 230 g/mol. The first kappa shape index (κ1) is 15.9. The van der Waals surface area contributed by atoms with Crippen molar-refractivity contribution in [3.63, 3.8) is 0 Å². The molecule has 0 aliphatic heterocycles. The molecule has 16 heavy (non-hydrogen) atoms. The van der Waals surface area contributed by atoms with Crippen molar-refractivity contribution in [2.75, 3.05) is 26.2 Å². The maximum atomic E-state index is 9.15. The molecule has 1 unspecified atom stereocenters. The highest BCUT2D eigenvalue weighted by molar-refractivity contribution is 4.81. The van der Waals surface area contributed by atoms with Crippen molar-refractivity contribution in [1.82, 2.24) is 4.90 Å². The lowest BCUT2D eigenvalue weighted by molar-refractivity contribution is 0.0913. The molecule has 0 aromatic heterocycles. The molecule has 0 rings (SSSR count). The molecule has 3 heteroatoms. The van der Waals surface area contributed by atoms with Gasteiger partial charge in [-0.2, -0.15) is 0 Å². The first-order valence-electron chi connectivity index (χ1n) is 6.61. The predicted molar refractivity (Wildman–Crippen MR) is 70.5 cm³/mol. The van der Waals surface area contributed by atoms with Gasteiger partial charge in [-0.3, -0.25) is 4.90 Å². The fraction of sp³-hybridized carbons (Fsp3) is 1.00. The molecule has 0 amide bonds. The van der Waals surface area contributed by atoms with E-state index >= 15 is 0 Å². The van der Waals surface area contributed by atoms with Crippen LogP contribution in [0, 0.1) is 5.41 Å². The van der Waals surface area contributed by atoms with Gasteiger partial charge in [0.1, 0.15) is 0 Å². The molecule has 0 aromatic carbocycles. The van der Waals surface area contributed by atoms with Gasteiger partial charge >= 0.3 is 0 Å². The van der Waals surface area contributed by atoms with Gasteiger partial charge in [0.25, 0.3) is 0 Å². The van der Waals surface area contributed by atoms with Crippen LogP contribution in [-0.2, 0) is 0 Å². The zero-order valence-electron chi connectivity index (χ0n) is 11.5. The highest BCUT2D eigenvalue weighted by Gasteiger charge is 2.26. The van der Waals surface area contributed by atoms with Crippen LogP contribution in [-0.4, -0.2) is 42.3 Å². The summed E-state index contributed by atoms with van der Waals surface area (Å²) >= 11 is 0. The Morgan fingerprint density at radius 3 is 2.12 bits per heavy atom. The summed E-state index contributed by atoms with van der Waals surface area (Å²) in [5.41, 5.74) is 6.03. The molecule has 0 fully saturated rings. The second kappa shape index (κ2) is 8.04. The lowest BCUT2D eigenvalue weighted by Gasteiger charge is -2.38. The van der Waals surface area contributed by atoms with Crippen LogP contribution in [0.5, 0.6) is 0 Å². The largest absolute Gasteiger partial charge is 0.395 e. The summed E-state index contributed by atoms with van der Waals surface area (Å²) in [6.45, 7) is 11.6. The molecule has 3 N–H and O–H groups in total. The van der Waals surface area contributed by atoms with Crippen LogP contribution in [0.3, 0.4) is 0 Å². The third-order valence-corrected chi connectivity index (χ3v) is 3.78. The van der Waals surface area contributed by atoms with E-state index in [-0.39, 0.29) is 12.0 Å². The fourth-order valence-corrected chi connectivity index (χ4v) is 2.14. The van der Waals surface area contributed by atoms with E-state index in [1.165, 1.54) is 0 Å². The minimum absolute atomic E-state index is 0.178. The maximum Gasteiger partial charge on any atom is 0.0558 e. The summed E-state index contributed by atoms with van der Waals surface area (Å²) in [7, 11) is 0. The standard InChI is InChI=1S/C13H30N2O/c1-5-12(6-2)15(8-9-16)11-13(4,7-3)10-14/h12,16H,5-11,14H2,1-4H3. The molecule has 1 atom stereocenters. The lowest BCUT2D eigenvalue weighted by atomic mass is 9.86. The molecule has 0 saturated heterocycles. The Morgan fingerprint density at radius 2 is 1.81 bits per heavy atom. The Kier molecular flexibility index (Phi) is 7.98. The highest BCUT2D eigenvalue weighted by Crippen LogP contribution is 2.23. The van der Waals surface area contributed by atoms with Gasteiger partial charge in [0.05, 0.1) is 6.61 Å². The van der Waals surface area contributed by atoms with Gasteiger partial charge < -0.3 is 10.8 Å². The molecule has 0 aliphatic carbocycles. The smallest absolute Gasteiger partial charge is 0.0558 e. The van der Waals surface area contributed by atoms with Crippen LogP contribution < -0.4 is 5.73 Å². The molecule has 0 bridgehead atoms. The third kappa shape index (κ3) is 4.81. The molecule has 98 valence electrons. The van der Waals surface area contributed by atoms with E-state index in [1.54, 1.807) is 0 Å². The van der Waals surface area contributed by atoms with Crippen molar-refractivity contribution in [3.8, 4) is 0 Å². The summed E-state index contributed by atoms with van der Waals surface area (Å²) in [5, 5.41) is 9.15. The topological polar surface area (TPSA) is 49.5 Å². The molecule has 0 spiro atoms. The van der Waals surface area contributed by atoms with Crippen LogP contribution in [0.15, 0.2) is 0 Å². The molecule has 0 aromatic rings. The van der Waals surface area contributed by atoms with E-state index in [0.29, 0.717) is 12.6 Å². The zero-order chi connectivity index (χ0) is 12.6. The van der Waals surface area contributed by atoms with Crippen LogP contribution in [0.25, 0.3) is 0 Å². The Labute approximate surface area is 101 Å². The van der Waals surface area contributed by atoms with Crippen molar-refractivity contribution in [1.29, 1.82) is 0 Å². The van der Waals surface area contributed by atoms with E-state index in [1.807, 2.05) is 0 Å². The molecular weight excluding hydrogens is 200 g/mol. The SMILES string of the molecule is CCC(CC)N(CCO)CC(C)(CC)CN. The monoisotopic (exact) mass is 230 g/mol. The third-order valence-electron chi connectivity index (χ3n) is 3.78. The van der Waals surface area contributed by atoms with Gasteiger partial charge in [0, 0.05) is 19.1 Å². The number of aliphatic hydroxyl groups excluding tert-OH is 1. The normalized spacial score (nSPS) is 15.8. The van der Waals surface area contributed by atoms with E-state index in [4.69, 9.17) is 10.8 Å². The summed E-state index contributed by atoms with van der Waals surface area (Å²) < 4.78 is 0. The Balaban J connectivity index is 4.52. The van der Waals surface area contributed by atoms with Crippen LogP contribution in [0.2, 0.25) is 0 Å². The second-order valence-electron chi connectivity index (χ2n) is 5.03. The van der Waals surface area contributed by atoms with Gasteiger partial charge in [-0.25, -0.2) is 0 Å².